The van der Waals surface area contributed by atoms with Gasteiger partial charge in [-0.15, -0.1) is 0 Å². The molecule has 2 aromatic carbocycles. The molecule has 0 bridgehead atoms. The van der Waals surface area contributed by atoms with Crippen molar-refractivity contribution in [2.75, 3.05) is 13.7 Å². The van der Waals surface area contributed by atoms with Crippen molar-refractivity contribution in [2.45, 2.75) is 6.04 Å². The molecule has 1 atom stereocenters. The van der Waals surface area contributed by atoms with Gasteiger partial charge in [-0.3, -0.25) is 9.59 Å². The van der Waals surface area contributed by atoms with Gasteiger partial charge >= 0.3 is 5.97 Å². The van der Waals surface area contributed by atoms with Crippen LogP contribution in [-0.2, 0) is 9.53 Å². The highest BCUT2D eigenvalue weighted by atomic mass is 16.5. The van der Waals surface area contributed by atoms with Crippen LogP contribution in [-0.4, -0.2) is 37.5 Å². The van der Waals surface area contributed by atoms with Crippen LogP contribution in [0.2, 0.25) is 0 Å². The van der Waals surface area contributed by atoms with Gasteiger partial charge in [-0.05, 0) is 24.3 Å². The number of amides is 2. The highest BCUT2D eigenvalue weighted by Crippen LogP contribution is 2.01. The summed E-state index contributed by atoms with van der Waals surface area (Å²) in [7, 11) is 1.23. The molecular weight excluding hydrogens is 308 g/mol. The lowest BCUT2D eigenvalue weighted by Crippen LogP contribution is -2.49. The van der Waals surface area contributed by atoms with Gasteiger partial charge in [0.15, 0.2) is 0 Å². The summed E-state index contributed by atoms with van der Waals surface area (Å²) in [6.07, 6.45) is 0. The van der Waals surface area contributed by atoms with E-state index in [9.17, 15) is 14.4 Å². The molecule has 0 fully saturated rings. The number of nitrogens with one attached hydrogen (secondary N) is 2. The van der Waals surface area contributed by atoms with Crippen LogP contribution in [0.1, 0.15) is 20.7 Å². The zero-order valence-corrected chi connectivity index (χ0v) is 13.2. The second-order valence-electron chi connectivity index (χ2n) is 4.99. The van der Waals surface area contributed by atoms with Gasteiger partial charge in [0.25, 0.3) is 11.8 Å². The van der Waals surface area contributed by atoms with Crippen LogP contribution in [0, 0.1) is 0 Å². The summed E-state index contributed by atoms with van der Waals surface area (Å²) < 4.78 is 4.68. The Balaban J connectivity index is 2.00. The number of carbonyl (C=O) groups is 3. The second-order valence-corrected chi connectivity index (χ2v) is 4.99. The lowest BCUT2D eigenvalue weighted by Gasteiger charge is -2.17. The van der Waals surface area contributed by atoms with Gasteiger partial charge in [0.1, 0.15) is 6.04 Å². The fourth-order valence-corrected chi connectivity index (χ4v) is 2.05. The standard InChI is InChI=1S/C18H18N2O4/c1-24-18(23)15(20-17(22)14-10-6-3-7-11-14)12-19-16(21)13-8-4-2-5-9-13/h2-11,15H,12H2,1H3,(H,19,21)(H,20,22). The van der Waals surface area contributed by atoms with E-state index in [-0.39, 0.29) is 12.5 Å². The molecule has 0 aliphatic carbocycles. The van der Waals surface area contributed by atoms with Gasteiger partial charge in [-0.2, -0.15) is 0 Å². The highest BCUT2D eigenvalue weighted by molar-refractivity contribution is 5.97. The summed E-state index contributed by atoms with van der Waals surface area (Å²) in [5, 5.41) is 5.18. The van der Waals surface area contributed by atoms with E-state index >= 15 is 0 Å². The minimum absolute atomic E-state index is 0.0705. The van der Waals surface area contributed by atoms with Crippen molar-refractivity contribution in [1.29, 1.82) is 0 Å². The molecule has 0 aliphatic rings. The quantitative estimate of drug-likeness (QED) is 0.786. The topological polar surface area (TPSA) is 84.5 Å². The average molecular weight is 326 g/mol. The molecule has 0 aromatic heterocycles. The minimum atomic E-state index is -0.977. The predicted molar refractivity (Wildman–Crippen MR) is 88.5 cm³/mol. The van der Waals surface area contributed by atoms with Crippen LogP contribution in [0.3, 0.4) is 0 Å². The van der Waals surface area contributed by atoms with E-state index < -0.39 is 17.9 Å². The fraction of sp³-hybridized carbons (Fsp3) is 0.167. The third kappa shape index (κ3) is 4.67. The van der Waals surface area contributed by atoms with Crippen LogP contribution in [0.4, 0.5) is 0 Å². The zero-order valence-electron chi connectivity index (χ0n) is 13.2. The van der Waals surface area contributed by atoms with Gasteiger partial charge in [0.05, 0.1) is 7.11 Å². The van der Waals surface area contributed by atoms with Gasteiger partial charge in [0, 0.05) is 17.7 Å². The largest absolute Gasteiger partial charge is 0.467 e. The first-order valence-electron chi connectivity index (χ1n) is 7.39. The molecule has 0 radical (unpaired) electrons. The second kappa shape index (κ2) is 8.47. The van der Waals surface area contributed by atoms with E-state index in [1.165, 1.54) is 7.11 Å². The van der Waals surface area contributed by atoms with Crippen LogP contribution in [0.15, 0.2) is 60.7 Å². The number of benzene rings is 2. The molecular formula is C18H18N2O4. The molecule has 2 rings (SSSR count). The maximum Gasteiger partial charge on any atom is 0.330 e. The number of methoxy groups -OCH3 is 1. The van der Waals surface area contributed by atoms with E-state index in [0.717, 1.165) is 0 Å². The molecule has 0 aliphatic heterocycles. The summed E-state index contributed by atoms with van der Waals surface area (Å²) in [6, 6.07) is 16.1. The Kier molecular flexibility index (Phi) is 6.08. The maximum absolute atomic E-state index is 12.2. The predicted octanol–water partition coefficient (Wildman–Crippen LogP) is 1.39. The smallest absolute Gasteiger partial charge is 0.330 e. The maximum atomic E-state index is 12.2. The molecule has 2 aromatic rings. The van der Waals surface area contributed by atoms with E-state index in [1.807, 2.05) is 0 Å². The van der Waals surface area contributed by atoms with Crippen LogP contribution in [0.5, 0.6) is 0 Å². The fourth-order valence-electron chi connectivity index (χ4n) is 2.05. The SMILES string of the molecule is COC(=O)C(CNC(=O)c1ccccc1)NC(=O)c1ccccc1. The Hall–Kier alpha value is -3.15. The Labute approximate surface area is 139 Å². The molecule has 0 heterocycles. The molecule has 24 heavy (non-hydrogen) atoms. The first-order chi connectivity index (χ1) is 11.6. The number of ether oxygens (including phenoxy) is 1. The third-order valence-electron chi connectivity index (χ3n) is 3.33. The number of carbonyl (C=O) groups excluding carboxylic acids is 3. The van der Waals surface area contributed by atoms with Crippen molar-refractivity contribution in [3.8, 4) is 0 Å². The van der Waals surface area contributed by atoms with E-state index in [1.54, 1.807) is 60.7 Å². The molecule has 0 saturated carbocycles. The van der Waals surface area contributed by atoms with Crippen LogP contribution in [0.25, 0.3) is 0 Å². The van der Waals surface area contributed by atoms with E-state index in [2.05, 4.69) is 15.4 Å². The van der Waals surface area contributed by atoms with Gasteiger partial charge in [0.2, 0.25) is 0 Å². The van der Waals surface area contributed by atoms with E-state index in [4.69, 9.17) is 0 Å². The molecule has 6 heteroatoms. The molecule has 0 saturated heterocycles. The summed E-state index contributed by atoms with van der Waals surface area (Å²) in [5.41, 5.74) is 0.885. The molecule has 124 valence electrons. The zero-order chi connectivity index (χ0) is 17.4. The molecule has 6 nitrogen and oxygen atoms in total. The summed E-state index contributed by atoms with van der Waals surface area (Å²) in [5.74, 6) is -1.38. The minimum Gasteiger partial charge on any atom is -0.467 e. The number of hydrogen-bond donors (Lipinski definition) is 2. The average Bonchev–Trinajstić information content (AvgIpc) is 2.65. The van der Waals surface area contributed by atoms with Gasteiger partial charge in [-0.25, -0.2) is 4.79 Å². The Morgan fingerprint density at radius 3 is 1.88 bits per heavy atom. The number of hydrogen-bond acceptors (Lipinski definition) is 4. The third-order valence-corrected chi connectivity index (χ3v) is 3.33. The van der Waals surface area contributed by atoms with Crippen molar-refractivity contribution in [3.05, 3.63) is 71.8 Å². The lowest BCUT2D eigenvalue weighted by atomic mass is 10.2. The highest BCUT2D eigenvalue weighted by Gasteiger charge is 2.23. The first-order valence-corrected chi connectivity index (χ1v) is 7.39. The normalized spacial score (nSPS) is 11.2. The summed E-state index contributed by atoms with van der Waals surface area (Å²) in [6.45, 7) is -0.0705. The molecule has 2 N–H and O–H groups in total. The molecule has 1 unspecified atom stereocenters. The summed E-state index contributed by atoms with van der Waals surface area (Å²) in [4.78, 5) is 36.0. The first kappa shape index (κ1) is 17.2. The number of rotatable bonds is 6. The van der Waals surface area contributed by atoms with Gasteiger partial charge in [-0.1, -0.05) is 36.4 Å². The van der Waals surface area contributed by atoms with Crippen molar-refractivity contribution in [3.63, 3.8) is 0 Å². The van der Waals surface area contributed by atoms with Crippen molar-refractivity contribution < 1.29 is 19.1 Å². The van der Waals surface area contributed by atoms with Crippen molar-refractivity contribution >= 4 is 17.8 Å². The Morgan fingerprint density at radius 2 is 1.38 bits per heavy atom. The summed E-state index contributed by atoms with van der Waals surface area (Å²) >= 11 is 0. The lowest BCUT2D eigenvalue weighted by molar-refractivity contribution is -0.142. The molecule has 0 spiro atoms. The van der Waals surface area contributed by atoms with Crippen molar-refractivity contribution in [1.82, 2.24) is 10.6 Å². The van der Waals surface area contributed by atoms with E-state index in [0.29, 0.717) is 11.1 Å². The van der Waals surface area contributed by atoms with Crippen LogP contribution >= 0.6 is 0 Å². The van der Waals surface area contributed by atoms with Gasteiger partial charge < -0.3 is 15.4 Å². The molecule has 2 amide bonds. The van der Waals surface area contributed by atoms with Crippen LogP contribution < -0.4 is 10.6 Å². The number of esters is 1. The Morgan fingerprint density at radius 1 is 0.875 bits per heavy atom. The monoisotopic (exact) mass is 326 g/mol. The Bertz CT molecular complexity index is 701. The van der Waals surface area contributed by atoms with Crippen molar-refractivity contribution in [2.24, 2.45) is 0 Å².